The predicted octanol–water partition coefficient (Wildman–Crippen LogP) is 4.37. The van der Waals surface area contributed by atoms with Gasteiger partial charge < -0.3 is 5.32 Å². The first-order chi connectivity index (χ1) is 7.93. The average Bonchev–Trinajstić information content (AvgIpc) is 2.26. The van der Waals surface area contributed by atoms with Crippen LogP contribution in [0.15, 0.2) is 18.3 Å². The summed E-state index contributed by atoms with van der Waals surface area (Å²) in [5, 5.41) is 3.44. The molecule has 1 aromatic rings. The van der Waals surface area contributed by atoms with Crippen molar-refractivity contribution in [2.45, 2.75) is 65.3 Å². The van der Waals surface area contributed by atoms with Crippen LogP contribution in [0.1, 0.15) is 59.4 Å². The third kappa shape index (κ3) is 4.76. The van der Waals surface area contributed by atoms with Gasteiger partial charge in [0.1, 0.15) is 5.82 Å². The summed E-state index contributed by atoms with van der Waals surface area (Å²) in [5.74, 6) is 0.988. The van der Waals surface area contributed by atoms with Crippen LogP contribution in [0.2, 0.25) is 0 Å². The van der Waals surface area contributed by atoms with E-state index in [1.54, 1.807) is 0 Å². The molecule has 1 atom stereocenters. The highest BCUT2D eigenvalue weighted by Crippen LogP contribution is 2.22. The highest BCUT2D eigenvalue weighted by Gasteiger charge is 2.13. The van der Waals surface area contributed by atoms with E-state index in [0.29, 0.717) is 6.04 Å². The van der Waals surface area contributed by atoms with Crippen molar-refractivity contribution < 1.29 is 0 Å². The minimum absolute atomic E-state index is 0.180. The second-order valence-corrected chi connectivity index (χ2v) is 5.87. The van der Waals surface area contributed by atoms with Crippen molar-refractivity contribution >= 4 is 5.82 Å². The molecule has 2 nitrogen and oxygen atoms in total. The number of nitrogens with zero attached hydrogens (tertiary/aromatic N) is 1. The number of unbranched alkanes of at least 4 members (excludes halogenated alkanes) is 1. The Morgan fingerprint density at radius 2 is 2.00 bits per heavy atom. The minimum atomic E-state index is 0.180. The maximum Gasteiger partial charge on any atom is 0.126 e. The summed E-state index contributed by atoms with van der Waals surface area (Å²) in [6.07, 6.45) is 5.71. The number of pyridine rings is 1. The maximum absolute atomic E-state index is 4.48. The topological polar surface area (TPSA) is 24.9 Å². The Kier molecular flexibility index (Phi) is 4.98. The molecule has 0 aromatic carbocycles. The van der Waals surface area contributed by atoms with E-state index in [1.165, 1.54) is 24.8 Å². The molecule has 1 rings (SSSR count). The second-order valence-electron chi connectivity index (χ2n) is 5.87. The normalized spacial score (nSPS) is 13.5. The first-order valence-corrected chi connectivity index (χ1v) is 6.66. The molecular formula is C15H26N2. The molecule has 0 fully saturated rings. The summed E-state index contributed by atoms with van der Waals surface area (Å²) in [5.41, 5.74) is 1.46. The molecule has 0 aliphatic rings. The number of hydrogen-bond donors (Lipinski definition) is 1. The fraction of sp³-hybridized carbons (Fsp3) is 0.667. The van der Waals surface area contributed by atoms with Gasteiger partial charge in [-0.25, -0.2) is 4.98 Å². The monoisotopic (exact) mass is 234 g/mol. The highest BCUT2D eigenvalue weighted by atomic mass is 15.0. The molecule has 0 amide bonds. The van der Waals surface area contributed by atoms with Crippen LogP contribution in [0.25, 0.3) is 0 Å². The molecule has 0 aliphatic heterocycles. The number of anilines is 1. The van der Waals surface area contributed by atoms with Gasteiger partial charge in [-0.3, -0.25) is 0 Å². The van der Waals surface area contributed by atoms with E-state index >= 15 is 0 Å². The Hall–Kier alpha value is -1.05. The number of aromatic nitrogens is 1. The lowest BCUT2D eigenvalue weighted by molar-refractivity contribution is 0.587. The summed E-state index contributed by atoms with van der Waals surface area (Å²) in [4.78, 5) is 4.48. The molecule has 0 bridgehead atoms. The lowest BCUT2D eigenvalue weighted by Crippen LogP contribution is -2.16. The van der Waals surface area contributed by atoms with Gasteiger partial charge in [0, 0.05) is 12.2 Å². The van der Waals surface area contributed by atoms with E-state index in [0.717, 1.165) is 5.82 Å². The SMILES string of the molecule is CCCCC(C)Nc1ccc(C(C)(C)C)cn1. The Morgan fingerprint density at radius 1 is 1.29 bits per heavy atom. The molecule has 0 aliphatic carbocycles. The zero-order valence-electron chi connectivity index (χ0n) is 11.9. The van der Waals surface area contributed by atoms with Crippen molar-refractivity contribution in [1.29, 1.82) is 0 Å². The molecule has 1 aromatic heterocycles. The van der Waals surface area contributed by atoms with Crippen LogP contribution in [0.4, 0.5) is 5.82 Å². The lowest BCUT2D eigenvalue weighted by atomic mass is 9.88. The van der Waals surface area contributed by atoms with E-state index in [1.807, 2.05) is 6.20 Å². The summed E-state index contributed by atoms with van der Waals surface area (Å²) in [7, 11) is 0. The van der Waals surface area contributed by atoms with E-state index < -0.39 is 0 Å². The fourth-order valence-electron chi connectivity index (χ4n) is 1.76. The van der Waals surface area contributed by atoms with Crippen molar-refractivity contribution in [3.8, 4) is 0 Å². The lowest BCUT2D eigenvalue weighted by Gasteiger charge is -2.19. The molecular weight excluding hydrogens is 208 g/mol. The fourth-order valence-corrected chi connectivity index (χ4v) is 1.76. The predicted molar refractivity (Wildman–Crippen MR) is 75.5 cm³/mol. The van der Waals surface area contributed by atoms with Crippen LogP contribution in [0.3, 0.4) is 0 Å². The molecule has 96 valence electrons. The Labute approximate surface area is 106 Å². The summed E-state index contributed by atoms with van der Waals surface area (Å²) in [6, 6.07) is 4.76. The number of hydrogen-bond acceptors (Lipinski definition) is 2. The van der Waals surface area contributed by atoms with Gasteiger partial charge >= 0.3 is 0 Å². The second kappa shape index (κ2) is 6.04. The summed E-state index contributed by atoms with van der Waals surface area (Å²) >= 11 is 0. The van der Waals surface area contributed by atoms with Crippen LogP contribution >= 0.6 is 0 Å². The largest absolute Gasteiger partial charge is 0.368 e. The smallest absolute Gasteiger partial charge is 0.126 e. The maximum atomic E-state index is 4.48. The molecule has 17 heavy (non-hydrogen) atoms. The third-order valence-corrected chi connectivity index (χ3v) is 3.01. The van der Waals surface area contributed by atoms with Gasteiger partial charge in [0.25, 0.3) is 0 Å². The molecule has 0 saturated heterocycles. The van der Waals surface area contributed by atoms with E-state index in [-0.39, 0.29) is 5.41 Å². The van der Waals surface area contributed by atoms with Gasteiger partial charge in [-0.15, -0.1) is 0 Å². The number of rotatable bonds is 5. The summed E-state index contributed by atoms with van der Waals surface area (Å²) in [6.45, 7) is 11.1. The van der Waals surface area contributed by atoms with Crippen molar-refractivity contribution in [2.75, 3.05) is 5.32 Å². The quantitative estimate of drug-likeness (QED) is 0.818. The van der Waals surface area contributed by atoms with Crippen molar-refractivity contribution in [2.24, 2.45) is 0 Å². The van der Waals surface area contributed by atoms with Crippen LogP contribution in [-0.2, 0) is 5.41 Å². The van der Waals surface area contributed by atoms with E-state index in [4.69, 9.17) is 0 Å². The van der Waals surface area contributed by atoms with E-state index in [2.05, 4.69) is 57.1 Å². The number of nitrogens with one attached hydrogen (secondary N) is 1. The zero-order valence-corrected chi connectivity index (χ0v) is 11.9. The molecule has 1 heterocycles. The van der Waals surface area contributed by atoms with Gasteiger partial charge in [-0.1, -0.05) is 46.6 Å². The molecule has 1 unspecified atom stereocenters. The molecule has 0 spiro atoms. The standard InChI is InChI=1S/C15H26N2/c1-6-7-8-12(2)17-14-10-9-13(11-16-14)15(3,4)5/h9-12H,6-8H2,1-5H3,(H,16,17). The van der Waals surface area contributed by atoms with Gasteiger partial charge in [0.15, 0.2) is 0 Å². The zero-order chi connectivity index (χ0) is 12.9. The van der Waals surface area contributed by atoms with Gasteiger partial charge in [-0.2, -0.15) is 0 Å². The van der Waals surface area contributed by atoms with Crippen LogP contribution in [0, 0.1) is 0 Å². The van der Waals surface area contributed by atoms with Crippen LogP contribution in [-0.4, -0.2) is 11.0 Å². The van der Waals surface area contributed by atoms with Crippen LogP contribution < -0.4 is 5.32 Å². The summed E-state index contributed by atoms with van der Waals surface area (Å²) < 4.78 is 0. The Bertz CT molecular complexity index is 322. The third-order valence-electron chi connectivity index (χ3n) is 3.01. The Balaban J connectivity index is 2.56. The van der Waals surface area contributed by atoms with Gasteiger partial charge in [0.05, 0.1) is 0 Å². The molecule has 0 radical (unpaired) electrons. The van der Waals surface area contributed by atoms with Gasteiger partial charge in [-0.05, 0) is 30.4 Å². The van der Waals surface area contributed by atoms with E-state index in [9.17, 15) is 0 Å². The molecule has 1 N–H and O–H groups in total. The average molecular weight is 234 g/mol. The first kappa shape index (κ1) is 14.0. The van der Waals surface area contributed by atoms with Crippen molar-refractivity contribution in [1.82, 2.24) is 4.98 Å². The molecule has 2 heteroatoms. The first-order valence-electron chi connectivity index (χ1n) is 6.66. The van der Waals surface area contributed by atoms with Crippen molar-refractivity contribution in [3.63, 3.8) is 0 Å². The van der Waals surface area contributed by atoms with Crippen molar-refractivity contribution in [3.05, 3.63) is 23.9 Å². The molecule has 0 saturated carbocycles. The minimum Gasteiger partial charge on any atom is -0.368 e. The van der Waals surface area contributed by atoms with Crippen LogP contribution in [0.5, 0.6) is 0 Å². The Morgan fingerprint density at radius 3 is 2.47 bits per heavy atom. The van der Waals surface area contributed by atoms with Gasteiger partial charge in [0.2, 0.25) is 0 Å². The highest BCUT2D eigenvalue weighted by molar-refractivity contribution is 5.37.